The van der Waals surface area contributed by atoms with E-state index in [1.54, 1.807) is 0 Å². The first kappa shape index (κ1) is 11.5. The lowest BCUT2D eigenvalue weighted by molar-refractivity contribution is -0.114. The van der Waals surface area contributed by atoms with Gasteiger partial charge in [-0.25, -0.2) is 0 Å². The molecule has 1 aromatic rings. The van der Waals surface area contributed by atoms with E-state index in [4.69, 9.17) is 9.47 Å². The summed E-state index contributed by atoms with van der Waals surface area (Å²) in [5, 5.41) is 2.76. The van der Waals surface area contributed by atoms with E-state index < -0.39 is 0 Å². The summed E-state index contributed by atoms with van der Waals surface area (Å²) in [7, 11) is 0. The van der Waals surface area contributed by atoms with Crippen molar-refractivity contribution in [3.8, 4) is 5.75 Å². The molecule has 2 atom stereocenters. The van der Waals surface area contributed by atoms with Gasteiger partial charge in [-0.1, -0.05) is 6.07 Å². The molecule has 1 amide bonds. The second-order valence-corrected chi connectivity index (χ2v) is 5.65. The average molecular weight is 247 g/mol. The molecule has 0 radical (unpaired) electrons. The first-order valence-electron chi connectivity index (χ1n) is 6.12. The zero-order valence-corrected chi connectivity index (χ0v) is 11.0. The van der Waals surface area contributed by atoms with Gasteiger partial charge < -0.3 is 14.8 Å². The molecule has 4 heteroatoms. The molecular weight excluding hydrogens is 230 g/mol. The summed E-state index contributed by atoms with van der Waals surface area (Å²) in [6, 6.07) is 5.70. The summed E-state index contributed by atoms with van der Waals surface area (Å²) in [6.45, 7) is 7.62. The van der Waals surface area contributed by atoms with Crippen molar-refractivity contribution in [3.63, 3.8) is 0 Å². The summed E-state index contributed by atoms with van der Waals surface area (Å²) in [5.74, 6) is 0.712. The van der Waals surface area contributed by atoms with Crippen molar-refractivity contribution in [2.75, 3.05) is 5.32 Å². The number of rotatable bonds is 1. The van der Waals surface area contributed by atoms with Gasteiger partial charge >= 0.3 is 0 Å². The molecule has 1 fully saturated rings. The topological polar surface area (TPSA) is 50.9 Å². The standard InChI is InChI=1S/C14H17NO3/c1-8(16)15-9-5-6-10-11(7-9)17-13(2,3)14(4)12(10)18-14/h5-7,12H,1-4H3,(H,15,16). The Kier molecular flexibility index (Phi) is 2.09. The highest BCUT2D eigenvalue weighted by molar-refractivity contribution is 5.89. The van der Waals surface area contributed by atoms with Crippen LogP contribution in [0.25, 0.3) is 0 Å². The van der Waals surface area contributed by atoms with Crippen LogP contribution in [0.15, 0.2) is 18.2 Å². The number of fused-ring (bicyclic) bond motifs is 3. The van der Waals surface area contributed by atoms with Crippen molar-refractivity contribution in [1.29, 1.82) is 0 Å². The maximum absolute atomic E-state index is 11.1. The Bertz CT molecular complexity index is 538. The third-order valence-electron chi connectivity index (χ3n) is 3.98. The summed E-state index contributed by atoms with van der Waals surface area (Å²) in [5.41, 5.74) is 1.21. The molecule has 0 aliphatic carbocycles. The zero-order chi connectivity index (χ0) is 13.1. The van der Waals surface area contributed by atoms with Crippen molar-refractivity contribution in [2.45, 2.75) is 45.0 Å². The SMILES string of the molecule is CC(=O)Nc1ccc2c(c1)OC(C)(C)C1(C)OC21. The van der Waals surface area contributed by atoms with Gasteiger partial charge in [-0.3, -0.25) is 4.79 Å². The molecule has 2 unspecified atom stereocenters. The molecule has 2 aliphatic rings. The predicted octanol–water partition coefficient (Wildman–Crippen LogP) is 2.65. The summed E-state index contributed by atoms with van der Waals surface area (Å²) in [4.78, 5) is 11.1. The molecule has 0 aromatic heterocycles. The first-order chi connectivity index (χ1) is 8.33. The van der Waals surface area contributed by atoms with E-state index >= 15 is 0 Å². The van der Waals surface area contributed by atoms with Crippen LogP contribution in [0.4, 0.5) is 5.69 Å². The number of amides is 1. The molecule has 18 heavy (non-hydrogen) atoms. The maximum atomic E-state index is 11.1. The van der Waals surface area contributed by atoms with Crippen LogP contribution in [-0.2, 0) is 9.53 Å². The summed E-state index contributed by atoms with van der Waals surface area (Å²) >= 11 is 0. The van der Waals surface area contributed by atoms with Gasteiger partial charge in [0.1, 0.15) is 23.1 Å². The quantitative estimate of drug-likeness (QED) is 0.776. The van der Waals surface area contributed by atoms with Crippen molar-refractivity contribution >= 4 is 11.6 Å². The molecule has 2 aliphatic heterocycles. The molecule has 96 valence electrons. The number of hydrogen-bond acceptors (Lipinski definition) is 3. The predicted molar refractivity (Wildman–Crippen MR) is 67.7 cm³/mol. The lowest BCUT2D eigenvalue weighted by atomic mass is 9.83. The van der Waals surface area contributed by atoms with Crippen LogP contribution in [0.5, 0.6) is 5.75 Å². The Morgan fingerprint density at radius 3 is 2.72 bits per heavy atom. The minimum atomic E-state index is -0.362. The Morgan fingerprint density at radius 2 is 2.06 bits per heavy atom. The highest BCUT2D eigenvalue weighted by Crippen LogP contribution is 2.62. The van der Waals surface area contributed by atoms with Gasteiger partial charge in [0.15, 0.2) is 0 Å². The maximum Gasteiger partial charge on any atom is 0.221 e. The Morgan fingerprint density at radius 1 is 1.33 bits per heavy atom. The monoisotopic (exact) mass is 247 g/mol. The van der Waals surface area contributed by atoms with Gasteiger partial charge in [0.2, 0.25) is 5.91 Å². The smallest absolute Gasteiger partial charge is 0.221 e. The van der Waals surface area contributed by atoms with Crippen LogP contribution < -0.4 is 10.1 Å². The van der Waals surface area contributed by atoms with Crippen LogP contribution in [-0.4, -0.2) is 17.1 Å². The van der Waals surface area contributed by atoms with E-state index in [0.29, 0.717) is 0 Å². The Labute approximate surface area is 106 Å². The third kappa shape index (κ3) is 1.45. The fourth-order valence-corrected chi connectivity index (χ4v) is 2.53. The van der Waals surface area contributed by atoms with Crippen LogP contribution in [0.1, 0.15) is 39.4 Å². The molecule has 0 spiro atoms. The minimum absolute atomic E-state index is 0.0856. The van der Waals surface area contributed by atoms with Crippen molar-refractivity contribution in [3.05, 3.63) is 23.8 Å². The van der Waals surface area contributed by atoms with E-state index in [-0.39, 0.29) is 23.2 Å². The van der Waals surface area contributed by atoms with Crippen molar-refractivity contribution in [1.82, 2.24) is 0 Å². The van der Waals surface area contributed by atoms with Gasteiger partial charge in [-0.05, 0) is 26.8 Å². The fourth-order valence-electron chi connectivity index (χ4n) is 2.53. The first-order valence-corrected chi connectivity index (χ1v) is 6.12. The highest BCUT2D eigenvalue weighted by atomic mass is 16.7. The summed E-state index contributed by atoms with van der Waals surface area (Å²) in [6.07, 6.45) is 0.0997. The normalized spacial score (nSPS) is 30.8. The Hall–Kier alpha value is -1.55. The van der Waals surface area contributed by atoms with E-state index in [0.717, 1.165) is 17.0 Å². The number of hydrogen-bond donors (Lipinski definition) is 1. The van der Waals surface area contributed by atoms with Crippen LogP contribution >= 0.6 is 0 Å². The molecule has 0 saturated carbocycles. The molecule has 1 N–H and O–H groups in total. The van der Waals surface area contributed by atoms with Crippen LogP contribution in [0, 0.1) is 0 Å². The number of carbonyl (C=O) groups is 1. The number of carbonyl (C=O) groups excluding carboxylic acids is 1. The van der Waals surface area contributed by atoms with Gasteiger partial charge in [0.05, 0.1) is 0 Å². The fraction of sp³-hybridized carbons (Fsp3) is 0.500. The number of anilines is 1. The largest absolute Gasteiger partial charge is 0.484 e. The molecule has 0 bridgehead atoms. The minimum Gasteiger partial charge on any atom is -0.484 e. The molecular formula is C14H17NO3. The van der Waals surface area contributed by atoms with Crippen LogP contribution in [0.3, 0.4) is 0 Å². The second kappa shape index (κ2) is 3.26. The Balaban J connectivity index is 1.99. The van der Waals surface area contributed by atoms with Crippen LogP contribution in [0.2, 0.25) is 0 Å². The third-order valence-corrected chi connectivity index (χ3v) is 3.98. The van der Waals surface area contributed by atoms with E-state index in [2.05, 4.69) is 12.2 Å². The van der Waals surface area contributed by atoms with E-state index in [9.17, 15) is 4.79 Å². The molecule has 1 saturated heterocycles. The van der Waals surface area contributed by atoms with E-state index in [1.807, 2.05) is 32.0 Å². The van der Waals surface area contributed by atoms with Gasteiger partial charge in [0, 0.05) is 24.2 Å². The van der Waals surface area contributed by atoms with E-state index in [1.165, 1.54) is 6.92 Å². The van der Waals surface area contributed by atoms with Gasteiger partial charge in [-0.2, -0.15) is 0 Å². The second-order valence-electron chi connectivity index (χ2n) is 5.65. The molecule has 4 nitrogen and oxygen atoms in total. The average Bonchev–Trinajstić information content (AvgIpc) is 2.91. The lowest BCUT2D eigenvalue weighted by Gasteiger charge is -2.35. The highest BCUT2D eigenvalue weighted by Gasteiger charge is 2.67. The van der Waals surface area contributed by atoms with Crippen molar-refractivity contribution < 1.29 is 14.3 Å². The number of ether oxygens (including phenoxy) is 2. The zero-order valence-electron chi connectivity index (χ0n) is 11.0. The number of benzene rings is 1. The van der Waals surface area contributed by atoms with Gasteiger partial charge in [-0.15, -0.1) is 0 Å². The van der Waals surface area contributed by atoms with Crippen molar-refractivity contribution in [2.24, 2.45) is 0 Å². The van der Waals surface area contributed by atoms with Gasteiger partial charge in [0.25, 0.3) is 0 Å². The summed E-state index contributed by atoms with van der Waals surface area (Å²) < 4.78 is 11.8. The molecule has 2 heterocycles. The lowest BCUT2D eigenvalue weighted by Crippen LogP contribution is -2.45. The molecule has 3 rings (SSSR count). The molecule has 1 aromatic carbocycles. The number of nitrogens with one attached hydrogen (secondary N) is 1. The number of epoxide rings is 1.